The van der Waals surface area contributed by atoms with Crippen molar-refractivity contribution in [2.45, 2.75) is 56.5 Å². The molecular weight excluding hydrogens is 833 g/mol. The van der Waals surface area contributed by atoms with Gasteiger partial charge in [-0.3, -0.25) is 19.2 Å². The van der Waals surface area contributed by atoms with Gasteiger partial charge in [0.1, 0.15) is 36.5 Å². The lowest BCUT2D eigenvalue weighted by molar-refractivity contribution is -0.142. The van der Waals surface area contributed by atoms with E-state index in [2.05, 4.69) is 21.3 Å². The summed E-state index contributed by atoms with van der Waals surface area (Å²) < 4.78 is 11.2. The second kappa shape index (κ2) is 21.5. The summed E-state index contributed by atoms with van der Waals surface area (Å²) in [6, 6.07) is 37.9. The second-order valence-electron chi connectivity index (χ2n) is 15.3. The van der Waals surface area contributed by atoms with Gasteiger partial charge in [0.15, 0.2) is 6.61 Å². The summed E-state index contributed by atoms with van der Waals surface area (Å²) in [7, 11) is 0. The van der Waals surface area contributed by atoms with Crippen molar-refractivity contribution < 1.29 is 43.3 Å². The van der Waals surface area contributed by atoms with Gasteiger partial charge in [0.2, 0.25) is 17.7 Å². The third kappa shape index (κ3) is 12.5. The Morgan fingerprint density at radius 3 is 1.72 bits per heavy atom. The maximum atomic E-state index is 14.5. The number of benzene rings is 5. The molecule has 0 saturated heterocycles. The predicted molar refractivity (Wildman–Crippen MR) is 240 cm³/mol. The highest BCUT2D eigenvalue weighted by molar-refractivity contribution is 7.09. The van der Waals surface area contributed by atoms with Crippen LogP contribution in [0.3, 0.4) is 0 Å². The van der Waals surface area contributed by atoms with Crippen LogP contribution >= 0.6 is 11.3 Å². The highest BCUT2D eigenvalue weighted by atomic mass is 32.1. The first-order valence-electron chi connectivity index (χ1n) is 20.7. The van der Waals surface area contributed by atoms with E-state index in [9.17, 15) is 33.9 Å². The summed E-state index contributed by atoms with van der Waals surface area (Å²) in [5.41, 5.74) is 4.88. The van der Waals surface area contributed by atoms with Gasteiger partial charge in [-0.05, 0) is 69.1 Å². The molecule has 326 valence electrons. The number of carboxylic acids is 1. The molecule has 0 saturated carbocycles. The second-order valence-corrected chi connectivity index (χ2v) is 16.3. The molecule has 5 aromatic carbocycles. The minimum atomic E-state index is -1.35. The first-order chi connectivity index (χ1) is 31.1. The zero-order chi connectivity index (χ0) is 44.8. The lowest BCUT2D eigenvalue weighted by atomic mass is 9.98. The zero-order valence-electron chi connectivity index (χ0n) is 34.6. The van der Waals surface area contributed by atoms with E-state index in [-0.39, 0.29) is 32.3 Å². The number of hydrogen-bond donors (Lipinski definition) is 5. The highest BCUT2D eigenvalue weighted by Gasteiger charge is 2.32. The van der Waals surface area contributed by atoms with Crippen LogP contribution in [0.4, 0.5) is 0 Å². The number of nitrogens with one attached hydrogen (secondary N) is 4. The number of rotatable bonds is 11. The van der Waals surface area contributed by atoms with Crippen molar-refractivity contribution in [3.8, 4) is 16.9 Å². The van der Waals surface area contributed by atoms with Gasteiger partial charge >= 0.3 is 11.9 Å². The van der Waals surface area contributed by atoms with Gasteiger partial charge in [0.05, 0.1) is 5.56 Å². The lowest BCUT2D eigenvalue weighted by Gasteiger charge is -2.26. The molecule has 0 fully saturated rings. The number of hydrogen-bond acceptors (Lipinski definition) is 9. The molecule has 1 aromatic heterocycles. The lowest BCUT2D eigenvalue weighted by Crippen LogP contribution is -2.59. The van der Waals surface area contributed by atoms with E-state index in [0.29, 0.717) is 28.0 Å². The molecule has 0 unspecified atom stereocenters. The fraction of sp³-hybridized carbons (Fsp3) is 0.200. The van der Waals surface area contributed by atoms with E-state index in [1.165, 1.54) is 11.3 Å². The minimum Gasteiger partial charge on any atom is -0.484 e. The molecule has 0 aliphatic carbocycles. The maximum Gasteiger partial charge on any atom is 0.338 e. The fourth-order valence-electron chi connectivity index (χ4n) is 7.14. The Morgan fingerprint density at radius 2 is 1.14 bits per heavy atom. The van der Waals surface area contributed by atoms with E-state index in [4.69, 9.17) is 9.47 Å². The largest absolute Gasteiger partial charge is 0.484 e. The predicted octanol–water partition coefficient (Wildman–Crippen LogP) is 5.46. The molecule has 4 atom stereocenters. The van der Waals surface area contributed by atoms with Gasteiger partial charge in [0.25, 0.3) is 5.91 Å². The third-order valence-electron chi connectivity index (χ3n) is 10.6. The van der Waals surface area contributed by atoms with Crippen molar-refractivity contribution in [2.24, 2.45) is 0 Å². The van der Waals surface area contributed by atoms with Gasteiger partial charge in [0, 0.05) is 30.6 Å². The molecule has 14 heteroatoms. The quantitative estimate of drug-likeness (QED) is 0.0832. The molecule has 3 heterocycles. The number of carboxylic acid groups (broad SMARTS) is 1. The summed E-state index contributed by atoms with van der Waals surface area (Å²) >= 11 is 1.41. The van der Waals surface area contributed by atoms with Crippen LogP contribution in [0.5, 0.6) is 5.75 Å². The number of fused-ring (bicyclic) bond motifs is 16. The Balaban J connectivity index is 1.15. The average molecular weight is 879 g/mol. The van der Waals surface area contributed by atoms with Crippen molar-refractivity contribution in [3.05, 3.63) is 184 Å². The third-order valence-corrected chi connectivity index (χ3v) is 11.5. The molecule has 4 amide bonds. The fourth-order valence-corrected chi connectivity index (χ4v) is 7.89. The topological polar surface area (TPSA) is 189 Å². The maximum absolute atomic E-state index is 14.5. The molecule has 0 spiro atoms. The minimum absolute atomic E-state index is 0.0156. The van der Waals surface area contributed by atoms with Crippen LogP contribution in [0.15, 0.2) is 151 Å². The average Bonchev–Trinajstić information content (AvgIpc) is 3.83. The van der Waals surface area contributed by atoms with E-state index >= 15 is 0 Å². The summed E-state index contributed by atoms with van der Waals surface area (Å²) in [4.78, 5) is 82.0. The highest BCUT2D eigenvalue weighted by Crippen LogP contribution is 2.22. The Morgan fingerprint density at radius 1 is 0.594 bits per heavy atom. The standard InChI is InChI=1S/C50H46N4O9S/c55-45-31-62-39-23-15-34(16-24-39)28-44(49(59)60)54-47(57)41(26-32-8-3-1-4-9-32)52-46(56)42(53-48(58)43(51-45)29-40-12-7-25-64-40)27-33-13-17-36(18-14-33)37-19-21-38(22-20-37)50(61)63-30-35-10-5-2-6-11-35/h1-25,41-44H,26-31H2,(H,51,55)(H,52,56)(H,53,58)(H,54,57)(H,59,60)/t41-,42-,43-,44-/m0/s1. The van der Waals surface area contributed by atoms with E-state index in [1.54, 1.807) is 60.7 Å². The summed E-state index contributed by atoms with van der Waals surface area (Å²) in [6.07, 6.45) is 0.0649. The molecule has 2 aliphatic heterocycles. The van der Waals surface area contributed by atoms with Crippen LogP contribution < -0.4 is 26.0 Å². The molecule has 5 N–H and O–H groups in total. The van der Waals surface area contributed by atoms with Crippen molar-refractivity contribution in [3.63, 3.8) is 0 Å². The molecule has 13 nitrogen and oxygen atoms in total. The SMILES string of the molecule is O=C1COc2ccc(cc2)C[C@@H](C(=O)O)NC(=O)[C@H](Cc2ccccc2)NC(=O)[C@H](Cc2ccc(-c3ccc(C(=O)OCc4ccccc4)cc3)cc2)NC(=O)[C@H](Cc2cccs2)N1. The van der Waals surface area contributed by atoms with Crippen LogP contribution in [0.2, 0.25) is 0 Å². The van der Waals surface area contributed by atoms with Gasteiger partial charge in [-0.2, -0.15) is 0 Å². The Hall–Kier alpha value is -7.58. The van der Waals surface area contributed by atoms with Crippen LogP contribution in [-0.4, -0.2) is 71.4 Å². The molecule has 64 heavy (non-hydrogen) atoms. The number of ether oxygens (including phenoxy) is 2. The van der Waals surface area contributed by atoms with E-state index in [0.717, 1.165) is 21.6 Å². The Labute approximate surface area is 373 Å². The van der Waals surface area contributed by atoms with Gasteiger partial charge < -0.3 is 35.8 Å². The van der Waals surface area contributed by atoms with Crippen LogP contribution in [-0.2, 0) is 61.0 Å². The number of esters is 1. The number of thiophene rings is 1. The Kier molecular flexibility index (Phi) is 14.9. The molecule has 6 aromatic rings. The molecule has 8 rings (SSSR count). The monoisotopic (exact) mass is 878 g/mol. The van der Waals surface area contributed by atoms with Crippen molar-refractivity contribution in [2.75, 3.05) is 6.61 Å². The number of amides is 4. The molecule has 2 bridgehead atoms. The molecular formula is C50H46N4O9S. The van der Waals surface area contributed by atoms with E-state index in [1.807, 2.05) is 90.3 Å². The zero-order valence-corrected chi connectivity index (χ0v) is 35.4. The normalized spacial score (nSPS) is 18.4. The first-order valence-corrected chi connectivity index (χ1v) is 21.6. The molecule has 2 aliphatic rings. The molecule has 0 radical (unpaired) electrons. The van der Waals surface area contributed by atoms with Crippen molar-refractivity contribution >= 4 is 46.9 Å². The van der Waals surface area contributed by atoms with Gasteiger partial charge in [-0.1, -0.05) is 115 Å². The van der Waals surface area contributed by atoms with Crippen LogP contribution in [0.25, 0.3) is 11.1 Å². The van der Waals surface area contributed by atoms with Gasteiger partial charge in [-0.15, -0.1) is 11.3 Å². The first kappa shape index (κ1) is 44.5. The smallest absolute Gasteiger partial charge is 0.338 e. The number of carbonyl (C=O) groups excluding carboxylic acids is 5. The Bertz CT molecular complexity index is 2540. The summed E-state index contributed by atoms with van der Waals surface area (Å²) in [5, 5.41) is 23.1. The van der Waals surface area contributed by atoms with Crippen molar-refractivity contribution in [1.29, 1.82) is 0 Å². The van der Waals surface area contributed by atoms with E-state index < -0.39 is 66.3 Å². The summed E-state index contributed by atoms with van der Waals surface area (Å²) in [6.45, 7) is -0.262. The van der Waals surface area contributed by atoms with Crippen molar-refractivity contribution in [1.82, 2.24) is 21.3 Å². The number of carbonyl (C=O) groups is 6. The summed E-state index contributed by atoms with van der Waals surface area (Å²) in [5.74, 6) is -4.02. The van der Waals surface area contributed by atoms with Crippen LogP contribution in [0, 0.1) is 0 Å². The van der Waals surface area contributed by atoms with Gasteiger partial charge in [-0.25, -0.2) is 9.59 Å². The number of aliphatic carboxylic acids is 1. The van der Waals surface area contributed by atoms with Crippen LogP contribution in [0.1, 0.15) is 37.5 Å².